The van der Waals surface area contributed by atoms with Gasteiger partial charge in [-0.15, -0.1) is 12.8 Å². The molecule has 0 bridgehead atoms. The minimum absolute atomic E-state index is 0.0307. The second kappa shape index (κ2) is 24.8. The van der Waals surface area contributed by atoms with Crippen LogP contribution in [0.15, 0.2) is 91.0 Å². The molecule has 0 saturated carbocycles. The lowest BCUT2D eigenvalue weighted by molar-refractivity contribution is -0.0368. The minimum Gasteiger partial charge on any atom is -0.396 e. The van der Waals surface area contributed by atoms with Crippen molar-refractivity contribution < 1.29 is 56.0 Å². The van der Waals surface area contributed by atoms with Crippen molar-refractivity contribution in [3.8, 4) is 36.8 Å². The number of nitrogens with zero attached hydrogens (tertiary/aromatic N) is 2. The summed E-state index contributed by atoms with van der Waals surface area (Å²) in [6, 6.07) is 31.7. The van der Waals surface area contributed by atoms with Gasteiger partial charge >= 0.3 is 15.6 Å². The molecule has 3 rings (SSSR count). The zero-order chi connectivity index (χ0) is 43.1. The molecule has 0 radical (unpaired) electrons. The van der Waals surface area contributed by atoms with E-state index in [1.165, 1.54) is 0 Å². The van der Waals surface area contributed by atoms with Crippen LogP contribution in [-0.4, -0.2) is 89.0 Å². The van der Waals surface area contributed by atoms with Crippen LogP contribution in [0.25, 0.3) is 0 Å². The van der Waals surface area contributed by atoms with Gasteiger partial charge in [0.2, 0.25) is 0 Å². The summed E-state index contributed by atoms with van der Waals surface area (Å²) in [6.45, 7) is -0.315. The molecule has 2 N–H and O–H groups in total. The first-order chi connectivity index (χ1) is 28.4. The Hall–Kier alpha value is -4.18. The van der Waals surface area contributed by atoms with Gasteiger partial charge in [-0.05, 0) is 16.7 Å². The van der Waals surface area contributed by atoms with Gasteiger partial charge in [-0.3, -0.25) is 27.1 Å². The SMILES string of the molecule is C#CCOCC(C)(CO)COP(=O)(OCCC#N)OCC(C)(COCC#C)COP(=O)(OCCC#N)OC(CO)C(c1ccccc1)(c1ccccc1)c1ccccc1. The molecule has 59 heavy (non-hydrogen) atoms. The van der Waals surface area contributed by atoms with Crippen molar-refractivity contribution in [1.82, 2.24) is 0 Å². The van der Waals surface area contributed by atoms with E-state index in [0.717, 1.165) is 0 Å². The molecule has 0 saturated heterocycles. The highest BCUT2D eigenvalue weighted by molar-refractivity contribution is 7.48. The van der Waals surface area contributed by atoms with Crippen LogP contribution < -0.4 is 0 Å². The number of hydrogen-bond acceptors (Lipinski definition) is 14. The van der Waals surface area contributed by atoms with E-state index in [1.54, 1.807) is 13.8 Å². The second-order valence-corrected chi connectivity index (χ2v) is 17.3. The quantitative estimate of drug-likeness (QED) is 0.0319. The van der Waals surface area contributed by atoms with Gasteiger partial charge in [-0.25, -0.2) is 9.13 Å². The van der Waals surface area contributed by atoms with Crippen molar-refractivity contribution >= 4 is 15.6 Å². The van der Waals surface area contributed by atoms with Crippen LogP contribution in [-0.2, 0) is 51.2 Å². The Kier molecular flexibility index (Phi) is 20.7. The Morgan fingerprint density at radius 3 is 1.39 bits per heavy atom. The first-order valence-electron chi connectivity index (χ1n) is 18.7. The van der Waals surface area contributed by atoms with Crippen LogP contribution in [0.1, 0.15) is 43.4 Å². The van der Waals surface area contributed by atoms with Crippen molar-refractivity contribution in [1.29, 1.82) is 10.5 Å². The molecular weight excluding hydrogens is 798 g/mol. The summed E-state index contributed by atoms with van der Waals surface area (Å²) >= 11 is 0. The van der Waals surface area contributed by atoms with E-state index in [0.29, 0.717) is 16.7 Å². The number of benzene rings is 3. The van der Waals surface area contributed by atoms with Crippen molar-refractivity contribution in [3.05, 3.63) is 108 Å². The smallest absolute Gasteiger partial charge is 0.396 e. The van der Waals surface area contributed by atoms with Gasteiger partial charge in [-0.2, -0.15) is 10.5 Å². The number of hydrogen-bond donors (Lipinski definition) is 2. The van der Waals surface area contributed by atoms with E-state index in [2.05, 4.69) is 11.8 Å². The number of terminal acetylenes is 2. The molecule has 5 atom stereocenters. The summed E-state index contributed by atoms with van der Waals surface area (Å²) < 4.78 is 75.1. The maximum atomic E-state index is 14.9. The Morgan fingerprint density at radius 1 is 0.610 bits per heavy atom. The first kappa shape index (κ1) is 49.2. The average Bonchev–Trinajstić information content (AvgIpc) is 3.26. The standard InChI is InChI=1S/C43H52N2O12P2/c1-5-26-50-32-41(3,31-47)34-54-58(48,52-28-16-24-44)55-35-42(4,33-51-27-6-2)36-56-59(49,53-29-17-25-45)57-40(30-46)43(37-18-10-7-11-19-37,38-20-12-8-13-21-38)39-22-14-9-15-23-39/h1-2,7-15,18-23,40,46-47H,16-17,26-36H2,3-4H3. The fraction of sp³-hybridized carbons (Fsp3) is 0.442. The Morgan fingerprint density at radius 2 is 1.00 bits per heavy atom. The molecule has 0 aliphatic heterocycles. The summed E-state index contributed by atoms with van der Waals surface area (Å²) in [6.07, 6.45) is 9.09. The minimum atomic E-state index is -4.74. The Bertz CT molecular complexity index is 1870. The van der Waals surface area contributed by atoms with Crippen LogP contribution >= 0.6 is 15.6 Å². The molecule has 16 heteroatoms. The van der Waals surface area contributed by atoms with Gasteiger partial charge in [0.15, 0.2) is 0 Å². The van der Waals surface area contributed by atoms with Gasteiger partial charge in [0.25, 0.3) is 0 Å². The molecule has 0 heterocycles. The number of aliphatic hydroxyl groups excluding tert-OH is 2. The van der Waals surface area contributed by atoms with Crippen molar-refractivity contribution in [2.75, 3.05) is 72.7 Å². The molecule has 0 amide bonds. The number of aliphatic hydroxyl groups is 2. The molecule has 0 spiro atoms. The van der Waals surface area contributed by atoms with Crippen LogP contribution in [0.2, 0.25) is 0 Å². The first-order valence-corrected chi connectivity index (χ1v) is 21.6. The lowest BCUT2D eigenvalue weighted by atomic mass is 9.66. The largest absolute Gasteiger partial charge is 0.475 e. The van der Waals surface area contributed by atoms with Gasteiger partial charge in [-0.1, -0.05) is 117 Å². The van der Waals surface area contributed by atoms with Crippen LogP contribution in [0.3, 0.4) is 0 Å². The number of ether oxygens (including phenoxy) is 2. The fourth-order valence-electron chi connectivity index (χ4n) is 5.86. The van der Waals surface area contributed by atoms with E-state index >= 15 is 0 Å². The summed E-state index contributed by atoms with van der Waals surface area (Å²) in [7, 11) is -9.22. The van der Waals surface area contributed by atoms with E-state index in [1.807, 2.05) is 103 Å². The summed E-state index contributed by atoms with van der Waals surface area (Å²) in [4.78, 5) is 0. The van der Waals surface area contributed by atoms with Gasteiger partial charge in [0.1, 0.15) is 19.3 Å². The maximum absolute atomic E-state index is 14.9. The average molecular weight is 851 g/mol. The molecule has 0 aliphatic rings. The van der Waals surface area contributed by atoms with Gasteiger partial charge < -0.3 is 19.7 Å². The van der Waals surface area contributed by atoms with Crippen molar-refractivity contribution in [2.45, 2.75) is 38.2 Å². The zero-order valence-corrected chi connectivity index (χ0v) is 35.1. The second-order valence-electron chi connectivity index (χ2n) is 14.1. The third kappa shape index (κ3) is 14.8. The number of phosphoric ester groups is 2. The normalized spacial score (nSPS) is 16.1. The maximum Gasteiger partial charge on any atom is 0.475 e. The third-order valence-electron chi connectivity index (χ3n) is 8.89. The lowest BCUT2D eigenvalue weighted by Crippen LogP contribution is -2.45. The number of phosphoric acid groups is 2. The monoisotopic (exact) mass is 850 g/mol. The van der Waals surface area contributed by atoms with Crippen molar-refractivity contribution in [3.63, 3.8) is 0 Å². The van der Waals surface area contributed by atoms with Gasteiger partial charge in [0.05, 0.1) is 89.9 Å². The molecule has 3 aromatic carbocycles. The highest BCUT2D eigenvalue weighted by atomic mass is 31.2. The molecule has 5 unspecified atom stereocenters. The Balaban J connectivity index is 2.03. The van der Waals surface area contributed by atoms with Crippen LogP contribution in [0.5, 0.6) is 0 Å². The summed E-state index contributed by atoms with van der Waals surface area (Å²) in [5.41, 5.74) is -1.57. The fourth-order valence-corrected chi connectivity index (χ4v) is 8.85. The van der Waals surface area contributed by atoms with Crippen molar-refractivity contribution in [2.24, 2.45) is 10.8 Å². The van der Waals surface area contributed by atoms with E-state index < -0.39 is 64.4 Å². The molecule has 316 valence electrons. The highest BCUT2D eigenvalue weighted by Crippen LogP contribution is 2.57. The lowest BCUT2D eigenvalue weighted by Gasteiger charge is -2.42. The van der Waals surface area contributed by atoms with E-state index in [4.69, 9.17) is 54.7 Å². The third-order valence-corrected chi connectivity index (χ3v) is 11.7. The molecule has 0 aliphatic carbocycles. The summed E-state index contributed by atoms with van der Waals surface area (Å²) in [5, 5.41) is 39.7. The molecule has 0 fully saturated rings. The highest BCUT2D eigenvalue weighted by Gasteiger charge is 2.49. The van der Waals surface area contributed by atoms with E-state index in [-0.39, 0.29) is 59.1 Å². The number of rotatable bonds is 29. The molecule has 0 aromatic heterocycles. The molecule has 3 aromatic rings. The van der Waals surface area contributed by atoms with Crippen LogP contribution in [0.4, 0.5) is 0 Å². The zero-order valence-electron chi connectivity index (χ0n) is 33.4. The predicted molar refractivity (Wildman–Crippen MR) is 219 cm³/mol. The molecule has 14 nitrogen and oxygen atoms in total. The van der Waals surface area contributed by atoms with Gasteiger partial charge in [0, 0.05) is 10.8 Å². The number of nitriles is 2. The van der Waals surface area contributed by atoms with E-state index in [9.17, 15) is 24.6 Å². The predicted octanol–water partition coefficient (Wildman–Crippen LogP) is 6.83. The molecular formula is C43H52N2O12P2. The summed E-state index contributed by atoms with van der Waals surface area (Å²) in [5.74, 6) is 4.69. The topological polar surface area (TPSA) is 196 Å². The Labute approximate surface area is 347 Å². The van der Waals surface area contributed by atoms with Crippen LogP contribution in [0, 0.1) is 58.2 Å².